The molecule has 1 heterocycles. The molecule has 126 valence electrons. The molecule has 0 bridgehead atoms. The first-order valence-corrected chi connectivity index (χ1v) is 8.07. The third-order valence-corrected chi connectivity index (χ3v) is 4.15. The highest BCUT2D eigenvalue weighted by atomic mass is 35.5. The lowest BCUT2D eigenvalue weighted by Gasteiger charge is -2.05. The summed E-state index contributed by atoms with van der Waals surface area (Å²) >= 11 is 6.34. The number of fused-ring (bicyclic) bond motifs is 1. The maximum absolute atomic E-state index is 12.2. The topological polar surface area (TPSA) is 74.8 Å². The van der Waals surface area contributed by atoms with E-state index in [1.54, 1.807) is 43.5 Å². The number of rotatable bonds is 3. The summed E-state index contributed by atoms with van der Waals surface area (Å²) in [5.74, 6) is 0.154. The fraction of sp³-hybridized carbons (Fsp3) is 0.105. The molecule has 0 saturated heterocycles. The average Bonchev–Trinajstić information content (AvgIpc) is 2.62. The van der Waals surface area contributed by atoms with E-state index in [-0.39, 0.29) is 11.5 Å². The van der Waals surface area contributed by atoms with Gasteiger partial charge in [0, 0.05) is 12.6 Å². The van der Waals surface area contributed by atoms with Crippen molar-refractivity contribution in [2.45, 2.75) is 6.92 Å². The van der Waals surface area contributed by atoms with Crippen LogP contribution in [0.5, 0.6) is 0 Å². The summed E-state index contributed by atoms with van der Waals surface area (Å²) in [4.78, 5) is 31.0. The molecule has 2 aromatic carbocycles. The quantitative estimate of drug-likeness (QED) is 0.758. The zero-order valence-corrected chi connectivity index (χ0v) is 14.5. The molecule has 0 radical (unpaired) electrons. The van der Waals surface area contributed by atoms with Gasteiger partial charge in [-0.1, -0.05) is 35.9 Å². The molecule has 0 saturated carbocycles. The SMILES string of the molecule is CNC(=O)c1ccc(/C=C(\Cl)c2nc3c(C)cccc3c(=O)[nH]2)cc1. The van der Waals surface area contributed by atoms with Crippen LogP contribution in [-0.2, 0) is 0 Å². The molecular formula is C19H16ClN3O2. The van der Waals surface area contributed by atoms with Crippen molar-refractivity contribution in [1.82, 2.24) is 15.3 Å². The average molecular weight is 354 g/mol. The highest BCUT2D eigenvalue weighted by Crippen LogP contribution is 2.21. The van der Waals surface area contributed by atoms with Gasteiger partial charge in [-0.3, -0.25) is 9.59 Å². The Hall–Kier alpha value is -2.92. The van der Waals surface area contributed by atoms with Crippen LogP contribution in [0.3, 0.4) is 0 Å². The van der Waals surface area contributed by atoms with Crippen LogP contribution in [0, 0.1) is 6.92 Å². The zero-order valence-electron chi connectivity index (χ0n) is 13.8. The van der Waals surface area contributed by atoms with Crippen molar-refractivity contribution in [2.24, 2.45) is 0 Å². The predicted octanol–water partition coefficient (Wildman–Crippen LogP) is 3.33. The minimum absolute atomic E-state index is 0.155. The van der Waals surface area contributed by atoms with Gasteiger partial charge >= 0.3 is 0 Å². The molecule has 25 heavy (non-hydrogen) atoms. The number of nitrogens with one attached hydrogen (secondary N) is 2. The summed E-state index contributed by atoms with van der Waals surface area (Å²) in [6.07, 6.45) is 1.69. The zero-order chi connectivity index (χ0) is 18.0. The third kappa shape index (κ3) is 3.46. The molecule has 3 aromatic rings. The number of H-pyrrole nitrogens is 1. The lowest BCUT2D eigenvalue weighted by molar-refractivity contribution is 0.0963. The number of aromatic nitrogens is 2. The van der Waals surface area contributed by atoms with E-state index in [0.29, 0.717) is 27.3 Å². The summed E-state index contributed by atoms with van der Waals surface area (Å²) in [5, 5.41) is 3.41. The Kier molecular flexibility index (Phi) is 4.67. The molecule has 6 heteroatoms. The Morgan fingerprint density at radius 1 is 1.20 bits per heavy atom. The van der Waals surface area contributed by atoms with Gasteiger partial charge in [-0.2, -0.15) is 0 Å². The number of benzene rings is 2. The second kappa shape index (κ2) is 6.91. The van der Waals surface area contributed by atoms with Gasteiger partial charge in [0.05, 0.1) is 15.9 Å². The van der Waals surface area contributed by atoms with Gasteiger partial charge in [0.15, 0.2) is 5.82 Å². The van der Waals surface area contributed by atoms with Crippen molar-refractivity contribution in [3.8, 4) is 0 Å². The van der Waals surface area contributed by atoms with Crippen LogP contribution in [0.25, 0.3) is 22.0 Å². The Balaban J connectivity index is 2.00. The van der Waals surface area contributed by atoms with E-state index in [4.69, 9.17) is 11.6 Å². The number of hydrogen-bond acceptors (Lipinski definition) is 3. The number of para-hydroxylation sites is 1. The number of hydrogen-bond donors (Lipinski definition) is 2. The lowest BCUT2D eigenvalue weighted by Crippen LogP contribution is -2.17. The Morgan fingerprint density at radius 2 is 1.92 bits per heavy atom. The normalized spacial score (nSPS) is 11.6. The standard InChI is InChI=1S/C19H16ClN3O2/c1-11-4-3-5-14-16(11)22-17(23-19(14)25)15(20)10-12-6-8-13(9-7-12)18(24)21-2/h3-10H,1-2H3,(H,21,24)(H,22,23,25)/b15-10-. The second-order valence-electron chi connectivity index (χ2n) is 5.58. The molecule has 0 fully saturated rings. The number of carbonyl (C=O) groups excluding carboxylic acids is 1. The maximum atomic E-state index is 12.2. The Morgan fingerprint density at radius 3 is 2.60 bits per heavy atom. The first-order chi connectivity index (χ1) is 12.0. The van der Waals surface area contributed by atoms with Crippen molar-refractivity contribution < 1.29 is 4.79 Å². The Bertz CT molecular complexity index is 1040. The molecular weight excluding hydrogens is 338 g/mol. The van der Waals surface area contributed by atoms with Crippen molar-refractivity contribution in [3.63, 3.8) is 0 Å². The molecule has 0 aliphatic carbocycles. The van der Waals surface area contributed by atoms with E-state index in [2.05, 4.69) is 15.3 Å². The van der Waals surface area contributed by atoms with E-state index < -0.39 is 0 Å². The van der Waals surface area contributed by atoms with Crippen LogP contribution in [-0.4, -0.2) is 22.9 Å². The molecule has 5 nitrogen and oxygen atoms in total. The van der Waals surface area contributed by atoms with E-state index in [0.717, 1.165) is 11.1 Å². The van der Waals surface area contributed by atoms with Crippen molar-refractivity contribution in [3.05, 3.63) is 75.3 Å². The number of carbonyl (C=O) groups is 1. The van der Waals surface area contributed by atoms with E-state index in [9.17, 15) is 9.59 Å². The second-order valence-corrected chi connectivity index (χ2v) is 5.99. The molecule has 2 N–H and O–H groups in total. The highest BCUT2D eigenvalue weighted by Gasteiger charge is 2.09. The van der Waals surface area contributed by atoms with Crippen LogP contribution in [0.4, 0.5) is 0 Å². The Labute approximate surface area is 149 Å². The van der Waals surface area contributed by atoms with Crippen LogP contribution < -0.4 is 10.9 Å². The first-order valence-electron chi connectivity index (χ1n) is 7.69. The molecule has 1 amide bonds. The van der Waals surface area contributed by atoms with Gasteiger partial charge in [0.2, 0.25) is 0 Å². The van der Waals surface area contributed by atoms with Crippen molar-refractivity contribution >= 4 is 39.5 Å². The predicted molar refractivity (Wildman–Crippen MR) is 101 cm³/mol. The van der Waals surface area contributed by atoms with Crippen LogP contribution in [0.15, 0.2) is 47.3 Å². The smallest absolute Gasteiger partial charge is 0.259 e. The monoisotopic (exact) mass is 353 g/mol. The van der Waals surface area contributed by atoms with Gasteiger partial charge in [-0.15, -0.1) is 0 Å². The maximum Gasteiger partial charge on any atom is 0.259 e. The molecule has 0 aliphatic rings. The van der Waals surface area contributed by atoms with Gasteiger partial charge in [-0.05, 0) is 42.3 Å². The fourth-order valence-corrected chi connectivity index (χ4v) is 2.72. The summed E-state index contributed by atoms with van der Waals surface area (Å²) in [5.41, 5.74) is 2.66. The number of nitrogens with zero attached hydrogens (tertiary/aromatic N) is 1. The largest absolute Gasteiger partial charge is 0.355 e. The van der Waals surface area contributed by atoms with Crippen LogP contribution in [0.2, 0.25) is 0 Å². The fourth-order valence-electron chi connectivity index (χ4n) is 2.51. The number of amides is 1. The summed E-state index contributed by atoms with van der Waals surface area (Å²) in [6.45, 7) is 1.90. The summed E-state index contributed by atoms with van der Waals surface area (Å²) in [7, 11) is 1.58. The molecule has 0 unspecified atom stereocenters. The third-order valence-electron chi connectivity index (χ3n) is 3.86. The van der Waals surface area contributed by atoms with Crippen LogP contribution in [0.1, 0.15) is 27.3 Å². The summed E-state index contributed by atoms with van der Waals surface area (Å²) < 4.78 is 0. The summed E-state index contributed by atoms with van der Waals surface area (Å²) in [6, 6.07) is 12.4. The van der Waals surface area contributed by atoms with E-state index >= 15 is 0 Å². The number of aromatic amines is 1. The van der Waals surface area contributed by atoms with E-state index in [1.807, 2.05) is 19.1 Å². The molecule has 0 atom stereocenters. The molecule has 0 spiro atoms. The molecule has 0 aliphatic heterocycles. The van der Waals surface area contributed by atoms with Crippen molar-refractivity contribution in [2.75, 3.05) is 7.05 Å². The first kappa shape index (κ1) is 16.9. The number of aryl methyl sites for hydroxylation is 1. The van der Waals surface area contributed by atoms with Gasteiger partial charge < -0.3 is 10.3 Å². The van der Waals surface area contributed by atoms with Crippen LogP contribution >= 0.6 is 11.6 Å². The highest BCUT2D eigenvalue weighted by molar-refractivity contribution is 6.50. The molecule has 3 rings (SSSR count). The van der Waals surface area contributed by atoms with Crippen molar-refractivity contribution in [1.29, 1.82) is 0 Å². The lowest BCUT2D eigenvalue weighted by atomic mass is 10.1. The molecule has 1 aromatic heterocycles. The number of halogens is 1. The van der Waals surface area contributed by atoms with E-state index in [1.165, 1.54) is 0 Å². The van der Waals surface area contributed by atoms with Gasteiger partial charge in [0.25, 0.3) is 11.5 Å². The minimum Gasteiger partial charge on any atom is -0.355 e. The minimum atomic E-state index is -0.231. The van der Waals surface area contributed by atoms with Gasteiger partial charge in [-0.25, -0.2) is 4.98 Å². The van der Waals surface area contributed by atoms with Gasteiger partial charge in [0.1, 0.15) is 0 Å².